The highest BCUT2D eigenvalue weighted by Gasteiger charge is 2.02. The van der Waals surface area contributed by atoms with E-state index in [2.05, 4.69) is 6.07 Å². The van der Waals surface area contributed by atoms with Crippen molar-refractivity contribution in [2.45, 2.75) is 13.5 Å². The number of hydrogen-bond donors (Lipinski definition) is 1. The molecule has 1 aromatic carbocycles. The quantitative estimate of drug-likeness (QED) is 0.915. The molecule has 1 aromatic heterocycles. The summed E-state index contributed by atoms with van der Waals surface area (Å²) in [5, 5.41) is 8.86. The Hall–Kier alpha value is -2.74. The molecule has 1 heterocycles. The molecule has 102 valence electrons. The Morgan fingerprint density at radius 1 is 1.35 bits per heavy atom. The predicted octanol–water partition coefficient (Wildman–Crippen LogP) is 1.69. The fourth-order valence-corrected chi connectivity index (χ4v) is 1.80. The zero-order valence-electron chi connectivity index (χ0n) is 11.2. The molecule has 0 aliphatic heterocycles. The fourth-order valence-electron chi connectivity index (χ4n) is 1.80. The monoisotopic (exact) mass is 269 g/mol. The summed E-state index contributed by atoms with van der Waals surface area (Å²) in [5.74, 6) is 0.654. The summed E-state index contributed by atoms with van der Waals surface area (Å²) in [5.41, 5.74) is 7.55. The zero-order valence-corrected chi connectivity index (χ0v) is 11.2. The number of ether oxygens (including phenoxy) is 1. The van der Waals surface area contributed by atoms with Crippen molar-refractivity contribution in [3.05, 3.63) is 58.0 Å². The van der Waals surface area contributed by atoms with Gasteiger partial charge < -0.3 is 15.0 Å². The van der Waals surface area contributed by atoms with E-state index in [1.54, 1.807) is 24.4 Å². The Balaban J connectivity index is 2.05. The Bertz CT molecular complexity index is 714. The molecular formula is C15H15N3O2. The van der Waals surface area contributed by atoms with Gasteiger partial charge in [0.25, 0.3) is 5.56 Å². The van der Waals surface area contributed by atoms with Crippen molar-refractivity contribution in [3.8, 4) is 11.8 Å². The number of aromatic nitrogens is 1. The summed E-state index contributed by atoms with van der Waals surface area (Å²) in [6, 6.07) is 10.3. The molecule has 0 bridgehead atoms. The van der Waals surface area contributed by atoms with Crippen molar-refractivity contribution in [1.29, 1.82) is 5.26 Å². The third kappa shape index (κ3) is 3.18. The Kier molecular flexibility index (Phi) is 4.06. The molecule has 5 nitrogen and oxygen atoms in total. The number of anilines is 1. The van der Waals surface area contributed by atoms with Gasteiger partial charge in [0, 0.05) is 18.0 Å². The topological polar surface area (TPSA) is 81.0 Å². The lowest BCUT2D eigenvalue weighted by Crippen LogP contribution is -2.22. The number of nitrogens with zero attached hydrogens (tertiary/aromatic N) is 2. The van der Waals surface area contributed by atoms with Crippen molar-refractivity contribution in [3.63, 3.8) is 0 Å². The van der Waals surface area contributed by atoms with Crippen LogP contribution >= 0.6 is 0 Å². The van der Waals surface area contributed by atoms with Gasteiger partial charge in [0.1, 0.15) is 12.4 Å². The second kappa shape index (κ2) is 5.93. The lowest BCUT2D eigenvalue weighted by atomic mass is 10.1. The van der Waals surface area contributed by atoms with Crippen LogP contribution in [0.2, 0.25) is 0 Å². The normalized spacial score (nSPS) is 10.0. The third-order valence-electron chi connectivity index (χ3n) is 2.91. The molecule has 0 spiro atoms. The molecule has 0 unspecified atom stereocenters. The number of aryl methyl sites for hydroxylation is 1. The molecule has 20 heavy (non-hydrogen) atoms. The van der Waals surface area contributed by atoms with Crippen LogP contribution in [0.15, 0.2) is 41.3 Å². The highest BCUT2D eigenvalue weighted by Crippen LogP contribution is 2.19. The van der Waals surface area contributed by atoms with Crippen molar-refractivity contribution >= 4 is 5.69 Å². The molecule has 0 amide bonds. The van der Waals surface area contributed by atoms with Gasteiger partial charge in [-0.05, 0) is 30.7 Å². The number of benzene rings is 1. The van der Waals surface area contributed by atoms with E-state index >= 15 is 0 Å². The SMILES string of the molecule is Cc1ccc(C#N)cc1OCCn1cc(N)ccc1=O. The summed E-state index contributed by atoms with van der Waals surface area (Å²) in [7, 11) is 0. The van der Waals surface area contributed by atoms with Crippen molar-refractivity contribution < 1.29 is 4.74 Å². The first-order valence-corrected chi connectivity index (χ1v) is 6.19. The van der Waals surface area contributed by atoms with Crippen LogP contribution in [-0.4, -0.2) is 11.2 Å². The number of nitriles is 1. The molecule has 0 aliphatic carbocycles. The Labute approximate surface area is 116 Å². The lowest BCUT2D eigenvalue weighted by Gasteiger charge is -2.11. The van der Waals surface area contributed by atoms with E-state index in [1.807, 2.05) is 13.0 Å². The maximum absolute atomic E-state index is 11.6. The molecule has 2 aromatic rings. The van der Waals surface area contributed by atoms with Crippen LogP contribution < -0.4 is 16.0 Å². The van der Waals surface area contributed by atoms with Crippen molar-refractivity contribution in [2.24, 2.45) is 0 Å². The molecule has 0 saturated heterocycles. The van der Waals surface area contributed by atoms with Gasteiger partial charge in [-0.3, -0.25) is 4.79 Å². The second-order valence-corrected chi connectivity index (χ2v) is 4.43. The molecule has 2 rings (SSSR count). The van der Waals surface area contributed by atoms with Gasteiger partial charge in [-0.1, -0.05) is 6.07 Å². The minimum absolute atomic E-state index is 0.120. The van der Waals surface area contributed by atoms with Crippen LogP contribution in [0.4, 0.5) is 5.69 Å². The van der Waals surface area contributed by atoms with Gasteiger partial charge in [0.05, 0.1) is 18.2 Å². The molecule has 0 radical (unpaired) electrons. The summed E-state index contributed by atoms with van der Waals surface area (Å²) in [6.45, 7) is 2.64. The van der Waals surface area contributed by atoms with E-state index in [-0.39, 0.29) is 5.56 Å². The van der Waals surface area contributed by atoms with Gasteiger partial charge in [-0.15, -0.1) is 0 Å². The van der Waals surface area contributed by atoms with Crippen LogP contribution in [0.1, 0.15) is 11.1 Å². The van der Waals surface area contributed by atoms with Gasteiger partial charge in [-0.2, -0.15) is 5.26 Å². The highest BCUT2D eigenvalue weighted by atomic mass is 16.5. The minimum atomic E-state index is -0.120. The van der Waals surface area contributed by atoms with E-state index in [1.165, 1.54) is 10.6 Å². The van der Waals surface area contributed by atoms with Gasteiger partial charge in [-0.25, -0.2) is 0 Å². The van der Waals surface area contributed by atoms with E-state index in [9.17, 15) is 4.79 Å². The molecule has 0 saturated carbocycles. The predicted molar refractivity (Wildman–Crippen MR) is 76.5 cm³/mol. The van der Waals surface area contributed by atoms with Crippen molar-refractivity contribution in [1.82, 2.24) is 4.57 Å². The smallest absolute Gasteiger partial charge is 0.250 e. The van der Waals surface area contributed by atoms with Crippen LogP contribution in [0, 0.1) is 18.3 Å². The number of nitrogen functional groups attached to an aromatic ring is 1. The zero-order chi connectivity index (χ0) is 14.5. The van der Waals surface area contributed by atoms with E-state index < -0.39 is 0 Å². The van der Waals surface area contributed by atoms with Gasteiger partial charge in [0.15, 0.2) is 0 Å². The molecular weight excluding hydrogens is 254 g/mol. The lowest BCUT2D eigenvalue weighted by molar-refractivity contribution is 0.294. The third-order valence-corrected chi connectivity index (χ3v) is 2.91. The molecule has 0 aliphatic rings. The summed E-state index contributed by atoms with van der Waals surface area (Å²) in [4.78, 5) is 11.6. The summed E-state index contributed by atoms with van der Waals surface area (Å²) in [6.07, 6.45) is 1.59. The number of rotatable bonds is 4. The first-order valence-electron chi connectivity index (χ1n) is 6.19. The molecule has 0 atom stereocenters. The van der Waals surface area contributed by atoms with Gasteiger partial charge in [0.2, 0.25) is 0 Å². The number of pyridine rings is 1. The van der Waals surface area contributed by atoms with Crippen LogP contribution in [0.3, 0.4) is 0 Å². The van der Waals surface area contributed by atoms with Crippen LogP contribution in [-0.2, 0) is 6.54 Å². The van der Waals surface area contributed by atoms with E-state index in [4.69, 9.17) is 15.7 Å². The average molecular weight is 269 g/mol. The van der Waals surface area contributed by atoms with E-state index in [0.29, 0.717) is 30.2 Å². The first kappa shape index (κ1) is 13.7. The first-order chi connectivity index (χ1) is 9.60. The minimum Gasteiger partial charge on any atom is -0.491 e. The van der Waals surface area contributed by atoms with Gasteiger partial charge >= 0.3 is 0 Å². The largest absolute Gasteiger partial charge is 0.491 e. The molecule has 5 heteroatoms. The second-order valence-electron chi connectivity index (χ2n) is 4.43. The van der Waals surface area contributed by atoms with Crippen LogP contribution in [0.5, 0.6) is 5.75 Å². The summed E-state index contributed by atoms with van der Waals surface area (Å²) >= 11 is 0. The Morgan fingerprint density at radius 2 is 2.15 bits per heavy atom. The number of nitrogens with two attached hydrogens (primary N) is 1. The fraction of sp³-hybridized carbons (Fsp3) is 0.200. The highest BCUT2D eigenvalue weighted by molar-refractivity contribution is 5.41. The van der Waals surface area contributed by atoms with E-state index in [0.717, 1.165) is 5.56 Å². The Morgan fingerprint density at radius 3 is 2.90 bits per heavy atom. The molecule has 2 N–H and O–H groups in total. The van der Waals surface area contributed by atoms with Crippen molar-refractivity contribution in [2.75, 3.05) is 12.3 Å². The maximum atomic E-state index is 11.6. The summed E-state index contributed by atoms with van der Waals surface area (Å²) < 4.78 is 7.13. The molecule has 0 fully saturated rings. The van der Waals surface area contributed by atoms with Crippen LogP contribution in [0.25, 0.3) is 0 Å². The average Bonchev–Trinajstić information content (AvgIpc) is 2.44. The standard InChI is InChI=1S/C15H15N3O2/c1-11-2-3-12(9-16)8-14(11)20-7-6-18-10-13(17)4-5-15(18)19/h2-5,8,10H,6-7,17H2,1H3. The number of hydrogen-bond acceptors (Lipinski definition) is 4. The maximum Gasteiger partial charge on any atom is 0.250 e.